The third-order valence-corrected chi connectivity index (χ3v) is 4.47. The van der Waals surface area contributed by atoms with E-state index in [4.69, 9.17) is 0 Å². The Bertz CT molecular complexity index is 1010. The van der Waals surface area contributed by atoms with Gasteiger partial charge in [0, 0.05) is 23.2 Å². The van der Waals surface area contributed by atoms with Gasteiger partial charge >= 0.3 is 0 Å². The third kappa shape index (κ3) is 4.22. The van der Waals surface area contributed by atoms with E-state index in [-0.39, 0.29) is 23.3 Å². The fourth-order valence-corrected chi connectivity index (χ4v) is 2.92. The molecule has 2 amide bonds. The number of carbonyl (C=O) groups is 2. The first-order valence-corrected chi connectivity index (χ1v) is 9.35. The molecular weight excluding hydrogens is 352 g/mol. The van der Waals surface area contributed by atoms with E-state index in [2.05, 4.69) is 41.4 Å². The zero-order valence-electron chi connectivity index (χ0n) is 16.9. The number of anilines is 1. The molecule has 0 aliphatic heterocycles. The molecule has 0 unspecified atom stereocenters. The normalized spacial score (nSPS) is 11.6. The lowest BCUT2D eigenvalue weighted by molar-refractivity contribution is 0.0944. The predicted octanol–water partition coefficient (Wildman–Crippen LogP) is 4.25. The van der Waals surface area contributed by atoms with Crippen LogP contribution in [0.1, 0.15) is 60.9 Å². The predicted molar refractivity (Wildman–Crippen MR) is 112 cm³/mol. The lowest BCUT2D eigenvalue weighted by atomic mass is 9.87. The van der Waals surface area contributed by atoms with Crippen LogP contribution in [0, 0.1) is 0 Å². The fraction of sp³-hybridized carbons (Fsp3) is 0.318. The van der Waals surface area contributed by atoms with E-state index >= 15 is 0 Å². The van der Waals surface area contributed by atoms with Gasteiger partial charge in [0.05, 0.1) is 17.4 Å². The van der Waals surface area contributed by atoms with Gasteiger partial charge in [-0.15, -0.1) is 0 Å². The minimum absolute atomic E-state index is 0.0318. The molecule has 2 aromatic heterocycles. The molecule has 0 aliphatic rings. The summed E-state index contributed by atoms with van der Waals surface area (Å²) in [5, 5.41) is 6.39. The van der Waals surface area contributed by atoms with Crippen molar-refractivity contribution in [2.45, 2.75) is 46.1 Å². The van der Waals surface area contributed by atoms with Gasteiger partial charge in [-0.2, -0.15) is 0 Å². The average Bonchev–Trinajstić information content (AvgIpc) is 3.04. The summed E-state index contributed by atoms with van der Waals surface area (Å²) in [5.41, 5.74) is 3.41. The molecule has 0 atom stereocenters. The van der Waals surface area contributed by atoms with Crippen molar-refractivity contribution in [1.82, 2.24) is 15.3 Å². The van der Waals surface area contributed by atoms with Gasteiger partial charge in [-0.05, 0) is 43.0 Å². The number of carbonyl (C=O) groups excluding carboxylic acids is 2. The number of aromatic nitrogens is 2. The number of fused-ring (bicyclic) bond motifs is 1. The molecule has 2 heterocycles. The second-order valence-electron chi connectivity index (χ2n) is 8.23. The lowest BCUT2D eigenvalue weighted by Gasteiger charge is -2.19. The maximum atomic E-state index is 12.6. The number of benzene rings is 1. The first-order valence-electron chi connectivity index (χ1n) is 9.35. The highest BCUT2D eigenvalue weighted by Crippen LogP contribution is 2.23. The molecule has 0 saturated carbocycles. The minimum atomic E-state index is -0.217. The number of hydrogen-bond donors (Lipinski definition) is 3. The number of pyridine rings is 1. The van der Waals surface area contributed by atoms with Crippen molar-refractivity contribution < 1.29 is 9.59 Å². The van der Waals surface area contributed by atoms with Gasteiger partial charge in [-0.25, -0.2) is 4.98 Å². The summed E-state index contributed by atoms with van der Waals surface area (Å²) in [4.78, 5) is 32.2. The summed E-state index contributed by atoms with van der Waals surface area (Å²) >= 11 is 0. The number of nitrogens with one attached hydrogen (secondary N) is 3. The molecule has 3 rings (SSSR count). The molecule has 0 fully saturated rings. The van der Waals surface area contributed by atoms with Gasteiger partial charge in [0.2, 0.25) is 0 Å². The molecule has 28 heavy (non-hydrogen) atoms. The summed E-state index contributed by atoms with van der Waals surface area (Å²) in [6.45, 7) is 10.2. The van der Waals surface area contributed by atoms with E-state index < -0.39 is 0 Å². The highest BCUT2D eigenvalue weighted by atomic mass is 16.2. The molecule has 0 spiro atoms. The summed E-state index contributed by atoms with van der Waals surface area (Å²) in [6.07, 6.45) is 3.20. The molecule has 1 aromatic carbocycles. The van der Waals surface area contributed by atoms with Crippen LogP contribution in [-0.4, -0.2) is 27.8 Å². The van der Waals surface area contributed by atoms with Crippen LogP contribution in [-0.2, 0) is 5.41 Å². The van der Waals surface area contributed by atoms with Gasteiger partial charge in [0.25, 0.3) is 11.8 Å². The Morgan fingerprint density at radius 3 is 2.36 bits per heavy atom. The molecule has 6 nitrogen and oxygen atoms in total. The van der Waals surface area contributed by atoms with Crippen LogP contribution in [0.4, 0.5) is 5.69 Å². The molecule has 0 bridgehead atoms. The maximum absolute atomic E-state index is 12.6. The molecule has 146 valence electrons. The topological polar surface area (TPSA) is 86.9 Å². The number of nitrogens with zero attached hydrogens (tertiary/aromatic N) is 1. The zero-order valence-corrected chi connectivity index (χ0v) is 16.9. The fourth-order valence-electron chi connectivity index (χ4n) is 2.92. The summed E-state index contributed by atoms with van der Waals surface area (Å²) in [6, 6.07) is 9.37. The summed E-state index contributed by atoms with van der Waals surface area (Å²) in [7, 11) is 0. The van der Waals surface area contributed by atoms with Gasteiger partial charge in [0.15, 0.2) is 0 Å². The number of H-pyrrole nitrogens is 1. The van der Waals surface area contributed by atoms with E-state index in [0.717, 1.165) is 0 Å². The van der Waals surface area contributed by atoms with Gasteiger partial charge in [-0.1, -0.05) is 32.9 Å². The Kier molecular flexibility index (Phi) is 5.23. The van der Waals surface area contributed by atoms with Crippen LogP contribution in [0.2, 0.25) is 0 Å². The van der Waals surface area contributed by atoms with Crippen molar-refractivity contribution in [2.75, 3.05) is 5.32 Å². The Balaban J connectivity index is 1.82. The van der Waals surface area contributed by atoms with Gasteiger partial charge in [0.1, 0.15) is 5.65 Å². The Morgan fingerprint density at radius 2 is 1.75 bits per heavy atom. The van der Waals surface area contributed by atoms with Crippen LogP contribution in [0.3, 0.4) is 0 Å². The molecule has 3 N–H and O–H groups in total. The van der Waals surface area contributed by atoms with Crippen molar-refractivity contribution in [3.63, 3.8) is 0 Å². The molecular formula is C22H26N4O2. The van der Waals surface area contributed by atoms with Crippen molar-refractivity contribution >= 4 is 28.5 Å². The van der Waals surface area contributed by atoms with E-state index in [1.807, 2.05) is 38.1 Å². The van der Waals surface area contributed by atoms with Crippen molar-refractivity contribution in [3.8, 4) is 0 Å². The standard InChI is InChI=1S/C22H26N4O2/c1-13(2)25-21(28)18-12-24-19-17(18)10-16(11-23-19)26-20(27)14-6-8-15(9-7-14)22(3,4)5/h6-13H,1-5H3,(H,23,24)(H,25,28)(H,26,27). The Labute approximate surface area is 164 Å². The van der Waals surface area contributed by atoms with E-state index in [1.165, 1.54) is 5.56 Å². The van der Waals surface area contributed by atoms with Crippen molar-refractivity contribution in [1.29, 1.82) is 0 Å². The molecule has 0 aliphatic carbocycles. The van der Waals surface area contributed by atoms with Crippen LogP contribution >= 0.6 is 0 Å². The van der Waals surface area contributed by atoms with Crippen molar-refractivity contribution in [2.24, 2.45) is 0 Å². The summed E-state index contributed by atoms with van der Waals surface area (Å²) < 4.78 is 0. The highest BCUT2D eigenvalue weighted by Gasteiger charge is 2.16. The number of rotatable bonds is 4. The molecule has 0 radical (unpaired) electrons. The zero-order chi connectivity index (χ0) is 20.5. The van der Waals surface area contributed by atoms with Crippen LogP contribution in [0.5, 0.6) is 0 Å². The number of hydrogen-bond acceptors (Lipinski definition) is 3. The second-order valence-corrected chi connectivity index (χ2v) is 8.23. The van der Waals surface area contributed by atoms with Gasteiger partial charge in [-0.3, -0.25) is 9.59 Å². The molecule has 6 heteroatoms. The second kappa shape index (κ2) is 7.46. The maximum Gasteiger partial charge on any atom is 0.255 e. The van der Waals surface area contributed by atoms with Crippen LogP contribution < -0.4 is 10.6 Å². The van der Waals surface area contributed by atoms with E-state index in [9.17, 15) is 9.59 Å². The van der Waals surface area contributed by atoms with Crippen molar-refractivity contribution in [3.05, 3.63) is 59.4 Å². The largest absolute Gasteiger partial charge is 0.350 e. The van der Waals surface area contributed by atoms with Crippen LogP contribution in [0.25, 0.3) is 11.0 Å². The quantitative estimate of drug-likeness (QED) is 0.634. The third-order valence-electron chi connectivity index (χ3n) is 4.47. The average molecular weight is 378 g/mol. The minimum Gasteiger partial charge on any atom is -0.350 e. The van der Waals surface area contributed by atoms with Crippen LogP contribution in [0.15, 0.2) is 42.7 Å². The monoisotopic (exact) mass is 378 g/mol. The Morgan fingerprint density at radius 1 is 1.07 bits per heavy atom. The number of aromatic amines is 1. The first-order chi connectivity index (χ1) is 13.1. The SMILES string of the molecule is CC(C)NC(=O)c1c[nH]c2ncc(NC(=O)c3ccc(C(C)(C)C)cc3)cc12. The highest BCUT2D eigenvalue weighted by molar-refractivity contribution is 6.08. The number of amides is 2. The smallest absolute Gasteiger partial charge is 0.255 e. The molecule has 0 saturated heterocycles. The molecule has 3 aromatic rings. The lowest BCUT2D eigenvalue weighted by Crippen LogP contribution is -2.29. The first kappa shape index (κ1) is 19.6. The van der Waals surface area contributed by atoms with Gasteiger partial charge < -0.3 is 15.6 Å². The summed E-state index contributed by atoms with van der Waals surface area (Å²) in [5.74, 6) is -0.394. The Hall–Kier alpha value is -3.15. The van der Waals surface area contributed by atoms with E-state index in [0.29, 0.717) is 27.8 Å². The van der Waals surface area contributed by atoms with E-state index in [1.54, 1.807) is 18.5 Å².